The number of hydrogen-bond donors (Lipinski definition) is 1. The molecule has 0 atom stereocenters. The summed E-state index contributed by atoms with van der Waals surface area (Å²) in [6, 6.07) is 14.6. The molecule has 2 rings (SSSR count). The number of benzene rings is 2. The van der Waals surface area contributed by atoms with E-state index in [1.165, 1.54) is 7.11 Å². The molecule has 5 heteroatoms. The van der Waals surface area contributed by atoms with Gasteiger partial charge in [-0.2, -0.15) is 0 Å². The average molecular weight is 362 g/mol. The standard InChI is InChI=1S/C17H16BrNO3/c1-22-17(21)14-6-2-13(3-7-14)11-19-16(20)10-12-4-8-15(18)9-5-12/h2-9H,10-11H2,1H3,(H,19,20). The molecule has 2 aromatic carbocycles. The van der Waals surface area contributed by atoms with Crippen LogP contribution in [-0.4, -0.2) is 19.0 Å². The third-order valence-electron chi connectivity index (χ3n) is 3.14. The minimum Gasteiger partial charge on any atom is -0.465 e. The Morgan fingerprint density at radius 3 is 2.18 bits per heavy atom. The van der Waals surface area contributed by atoms with Gasteiger partial charge in [-0.3, -0.25) is 4.79 Å². The predicted molar refractivity (Wildman–Crippen MR) is 87.5 cm³/mol. The summed E-state index contributed by atoms with van der Waals surface area (Å²) in [5.74, 6) is -0.412. The van der Waals surface area contributed by atoms with Crippen LogP contribution in [0.5, 0.6) is 0 Å². The maximum atomic E-state index is 11.9. The summed E-state index contributed by atoms with van der Waals surface area (Å²) in [7, 11) is 1.35. The third-order valence-corrected chi connectivity index (χ3v) is 3.67. The minimum atomic E-state index is -0.370. The van der Waals surface area contributed by atoms with Gasteiger partial charge in [-0.05, 0) is 35.4 Å². The predicted octanol–water partition coefficient (Wildman–Crippen LogP) is 3.09. The fourth-order valence-electron chi connectivity index (χ4n) is 1.93. The van der Waals surface area contributed by atoms with Crippen LogP contribution in [0.3, 0.4) is 0 Å². The number of carbonyl (C=O) groups excluding carboxylic acids is 2. The lowest BCUT2D eigenvalue weighted by Gasteiger charge is -2.06. The van der Waals surface area contributed by atoms with Crippen molar-refractivity contribution >= 4 is 27.8 Å². The van der Waals surface area contributed by atoms with Crippen LogP contribution < -0.4 is 5.32 Å². The molecule has 0 aliphatic heterocycles. The Kier molecular flexibility index (Phi) is 5.72. The molecule has 1 amide bonds. The Bertz CT molecular complexity index is 651. The molecular weight excluding hydrogens is 346 g/mol. The first kappa shape index (κ1) is 16.2. The maximum Gasteiger partial charge on any atom is 0.337 e. The fraction of sp³-hybridized carbons (Fsp3) is 0.176. The van der Waals surface area contributed by atoms with E-state index in [4.69, 9.17) is 0 Å². The molecule has 0 unspecified atom stereocenters. The molecule has 0 aromatic heterocycles. The van der Waals surface area contributed by atoms with E-state index in [1.807, 2.05) is 24.3 Å². The molecular formula is C17H16BrNO3. The Morgan fingerprint density at radius 2 is 1.59 bits per heavy atom. The van der Waals surface area contributed by atoms with E-state index >= 15 is 0 Å². The summed E-state index contributed by atoms with van der Waals surface area (Å²) in [4.78, 5) is 23.2. The largest absolute Gasteiger partial charge is 0.465 e. The van der Waals surface area contributed by atoms with Crippen molar-refractivity contribution in [2.24, 2.45) is 0 Å². The lowest BCUT2D eigenvalue weighted by Crippen LogP contribution is -2.24. The van der Waals surface area contributed by atoms with Crippen molar-refractivity contribution in [1.82, 2.24) is 5.32 Å². The first-order valence-corrected chi connectivity index (χ1v) is 7.56. The van der Waals surface area contributed by atoms with Crippen molar-refractivity contribution in [2.75, 3.05) is 7.11 Å². The SMILES string of the molecule is COC(=O)c1ccc(CNC(=O)Cc2ccc(Br)cc2)cc1. The number of nitrogens with one attached hydrogen (secondary N) is 1. The lowest BCUT2D eigenvalue weighted by molar-refractivity contribution is -0.120. The molecule has 22 heavy (non-hydrogen) atoms. The molecule has 0 bridgehead atoms. The van der Waals surface area contributed by atoms with Crippen molar-refractivity contribution in [1.29, 1.82) is 0 Å². The zero-order valence-corrected chi connectivity index (χ0v) is 13.7. The van der Waals surface area contributed by atoms with Gasteiger partial charge >= 0.3 is 5.97 Å². The van der Waals surface area contributed by atoms with E-state index in [2.05, 4.69) is 26.0 Å². The fourth-order valence-corrected chi connectivity index (χ4v) is 2.19. The number of halogens is 1. The molecule has 0 fully saturated rings. The number of ether oxygens (including phenoxy) is 1. The zero-order chi connectivity index (χ0) is 15.9. The van der Waals surface area contributed by atoms with Gasteiger partial charge in [0, 0.05) is 11.0 Å². The summed E-state index contributed by atoms with van der Waals surface area (Å²) >= 11 is 3.36. The molecule has 0 spiro atoms. The summed E-state index contributed by atoms with van der Waals surface area (Å²) in [5.41, 5.74) is 2.38. The number of carbonyl (C=O) groups is 2. The van der Waals surface area contributed by atoms with Crippen molar-refractivity contribution in [3.63, 3.8) is 0 Å². The van der Waals surface area contributed by atoms with Gasteiger partial charge in [0.05, 0.1) is 19.1 Å². The highest BCUT2D eigenvalue weighted by Gasteiger charge is 2.06. The summed E-state index contributed by atoms with van der Waals surface area (Å²) < 4.78 is 5.63. The van der Waals surface area contributed by atoms with Crippen molar-refractivity contribution in [2.45, 2.75) is 13.0 Å². The normalized spacial score (nSPS) is 10.1. The van der Waals surface area contributed by atoms with Gasteiger partial charge < -0.3 is 10.1 Å². The molecule has 0 saturated carbocycles. The van der Waals surface area contributed by atoms with E-state index in [0.717, 1.165) is 15.6 Å². The van der Waals surface area contributed by atoms with Crippen LogP contribution in [0.1, 0.15) is 21.5 Å². The first-order valence-electron chi connectivity index (χ1n) is 6.77. The number of methoxy groups -OCH3 is 1. The van der Waals surface area contributed by atoms with Crippen molar-refractivity contribution < 1.29 is 14.3 Å². The Balaban J connectivity index is 1.85. The molecule has 4 nitrogen and oxygen atoms in total. The second-order valence-electron chi connectivity index (χ2n) is 4.77. The van der Waals surface area contributed by atoms with Crippen molar-refractivity contribution in [3.8, 4) is 0 Å². The minimum absolute atomic E-state index is 0.0423. The van der Waals surface area contributed by atoms with Gasteiger partial charge in [0.15, 0.2) is 0 Å². The summed E-state index contributed by atoms with van der Waals surface area (Å²) in [6.45, 7) is 0.427. The molecule has 114 valence electrons. The van der Waals surface area contributed by atoms with Crippen LogP contribution in [0, 0.1) is 0 Å². The summed E-state index contributed by atoms with van der Waals surface area (Å²) in [5, 5.41) is 2.86. The molecule has 0 radical (unpaired) electrons. The number of rotatable bonds is 5. The second-order valence-corrected chi connectivity index (χ2v) is 5.68. The van der Waals surface area contributed by atoms with E-state index in [9.17, 15) is 9.59 Å². The van der Waals surface area contributed by atoms with Gasteiger partial charge in [0.25, 0.3) is 0 Å². The molecule has 0 heterocycles. The molecule has 0 aliphatic rings. The quantitative estimate of drug-likeness (QED) is 0.832. The molecule has 2 aromatic rings. The van der Waals surface area contributed by atoms with Gasteiger partial charge in [0.1, 0.15) is 0 Å². The van der Waals surface area contributed by atoms with E-state index in [0.29, 0.717) is 18.5 Å². The van der Waals surface area contributed by atoms with Gasteiger partial charge in [0.2, 0.25) is 5.91 Å². The third kappa shape index (κ3) is 4.70. The van der Waals surface area contributed by atoms with Gasteiger partial charge in [-0.25, -0.2) is 4.79 Å². The van der Waals surface area contributed by atoms with Crippen LogP contribution in [0.15, 0.2) is 53.0 Å². The van der Waals surface area contributed by atoms with Crippen molar-refractivity contribution in [3.05, 3.63) is 69.7 Å². The Morgan fingerprint density at radius 1 is 1.00 bits per heavy atom. The number of amides is 1. The average Bonchev–Trinajstić information content (AvgIpc) is 2.55. The summed E-state index contributed by atoms with van der Waals surface area (Å²) in [6.07, 6.45) is 0.341. The molecule has 1 N–H and O–H groups in total. The number of esters is 1. The van der Waals surface area contributed by atoms with Crippen LogP contribution in [0.4, 0.5) is 0 Å². The zero-order valence-electron chi connectivity index (χ0n) is 12.1. The van der Waals surface area contributed by atoms with E-state index in [1.54, 1.807) is 24.3 Å². The first-order chi connectivity index (χ1) is 10.6. The highest BCUT2D eigenvalue weighted by molar-refractivity contribution is 9.10. The van der Waals surface area contributed by atoms with E-state index < -0.39 is 0 Å². The van der Waals surface area contributed by atoms with Crippen LogP contribution in [0.2, 0.25) is 0 Å². The van der Waals surface area contributed by atoms with Gasteiger partial charge in [-0.15, -0.1) is 0 Å². The lowest BCUT2D eigenvalue weighted by atomic mass is 10.1. The highest BCUT2D eigenvalue weighted by Crippen LogP contribution is 2.11. The number of hydrogen-bond acceptors (Lipinski definition) is 3. The maximum absolute atomic E-state index is 11.9. The van der Waals surface area contributed by atoms with Crippen LogP contribution in [-0.2, 0) is 22.5 Å². The topological polar surface area (TPSA) is 55.4 Å². The smallest absolute Gasteiger partial charge is 0.337 e. The van der Waals surface area contributed by atoms with Gasteiger partial charge in [-0.1, -0.05) is 40.2 Å². The van der Waals surface area contributed by atoms with Crippen LogP contribution >= 0.6 is 15.9 Å². The highest BCUT2D eigenvalue weighted by atomic mass is 79.9. The van der Waals surface area contributed by atoms with Crippen LogP contribution in [0.25, 0.3) is 0 Å². The Hall–Kier alpha value is -2.14. The monoisotopic (exact) mass is 361 g/mol. The second kappa shape index (κ2) is 7.75. The molecule has 0 aliphatic carbocycles. The van der Waals surface area contributed by atoms with E-state index in [-0.39, 0.29) is 11.9 Å². The Labute approximate surface area is 137 Å². The molecule has 0 saturated heterocycles.